The van der Waals surface area contributed by atoms with E-state index >= 15 is 0 Å². The second kappa shape index (κ2) is 35.2. The Hall–Kier alpha value is -1.51. The quantitative estimate of drug-likeness (QED) is 0.0201. The molecule has 10 heteroatoms. The number of phosphoric acid groups is 1. The molecule has 52 heavy (non-hydrogen) atoms. The number of likely N-dealkylation sites (N-methyl/N-ethyl adjacent to an activating group) is 1. The number of carbonyl (C=O) groups excluding carboxylic acids is 2. The summed E-state index contributed by atoms with van der Waals surface area (Å²) >= 11 is 0. The van der Waals surface area contributed by atoms with Crippen LogP contribution in [0.15, 0.2) is 24.3 Å². The zero-order chi connectivity index (χ0) is 38.6. The van der Waals surface area contributed by atoms with Gasteiger partial charge in [-0.15, -0.1) is 0 Å². The SMILES string of the molecule is CCCCC/C=C/C/C=C/CCCCCCCC(=O)O[C@H](COC(=O)CCCCCCCCCCCCCCC)COP(=O)([O-])OCC[N+](C)(C)C. The van der Waals surface area contributed by atoms with Gasteiger partial charge in [-0.2, -0.15) is 0 Å². The van der Waals surface area contributed by atoms with Gasteiger partial charge in [0.1, 0.15) is 19.8 Å². The summed E-state index contributed by atoms with van der Waals surface area (Å²) in [6.07, 6.45) is 36.2. The molecule has 0 aromatic rings. The highest BCUT2D eigenvalue weighted by Crippen LogP contribution is 2.38. The van der Waals surface area contributed by atoms with Crippen molar-refractivity contribution < 1.29 is 42.1 Å². The number of phosphoric ester groups is 1. The number of quaternary nitrogens is 1. The molecule has 306 valence electrons. The number of hydrogen-bond acceptors (Lipinski definition) is 8. The molecule has 0 bridgehead atoms. The first-order chi connectivity index (χ1) is 25.0. The number of rotatable bonds is 38. The maximum Gasteiger partial charge on any atom is 0.306 e. The predicted molar refractivity (Wildman–Crippen MR) is 213 cm³/mol. The average Bonchev–Trinajstić information content (AvgIpc) is 3.09. The molecule has 0 heterocycles. The van der Waals surface area contributed by atoms with Gasteiger partial charge in [-0.1, -0.05) is 147 Å². The van der Waals surface area contributed by atoms with Crippen LogP contribution < -0.4 is 4.89 Å². The molecule has 0 saturated carbocycles. The molecule has 0 fully saturated rings. The third-order valence-electron chi connectivity index (χ3n) is 8.97. The van der Waals surface area contributed by atoms with Crippen LogP contribution in [0.2, 0.25) is 0 Å². The summed E-state index contributed by atoms with van der Waals surface area (Å²) < 4.78 is 33.8. The predicted octanol–water partition coefficient (Wildman–Crippen LogP) is 10.9. The van der Waals surface area contributed by atoms with Crippen molar-refractivity contribution in [2.45, 2.75) is 187 Å². The van der Waals surface area contributed by atoms with Crippen LogP contribution in [0.3, 0.4) is 0 Å². The van der Waals surface area contributed by atoms with E-state index in [9.17, 15) is 19.0 Å². The fraction of sp³-hybridized carbons (Fsp3) is 0.857. The second-order valence-corrected chi connectivity index (χ2v) is 16.8. The van der Waals surface area contributed by atoms with Gasteiger partial charge in [-0.25, -0.2) is 0 Å². The Morgan fingerprint density at radius 1 is 0.596 bits per heavy atom. The van der Waals surface area contributed by atoms with E-state index in [0.29, 0.717) is 17.4 Å². The molecule has 2 atom stereocenters. The van der Waals surface area contributed by atoms with Crippen molar-refractivity contribution in [3.05, 3.63) is 24.3 Å². The van der Waals surface area contributed by atoms with E-state index in [1.54, 1.807) is 0 Å². The maximum atomic E-state index is 12.6. The van der Waals surface area contributed by atoms with Crippen molar-refractivity contribution >= 4 is 19.8 Å². The minimum absolute atomic E-state index is 0.0321. The monoisotopic (exact) mass is 758 g/mol. The highest BCUT2D eigenvalue weighted by atomic mass is 31.2. The zero-order valence-electron chi connectivity index (χ0n) is 34.3. The van der Waals surface area contributed by atoms with Gasteiger partial charge in [-0.3, -0.25) is 14.2 Å². The highest BCUT2D eigenvalue weighted by molar-refractivity contribution is 7.45. The first-order valence-electron chi connectivity index (χ1n) is 21.0. The van der Waals surface area contributed by atoms with E-state index in [2.05, 4.69) is 38.2 Å². The van der Waals surface area contributed by atoms with Gasteiger partial charge in [0.25, 0.3) is 7.82 Å². The van der Waals surface area contributed by atoms with Gasteiger partial charge < -0.3 is 27.9 Å². The molecule has 0 radical (unpaired) electrons. The normalized spacial score (nSPS) is 13.9. The number of carbonyl (C=O) groups is 2. The standard InChI is InChI=1S/C42H80NO8P/c1-6-8-10-12-14-16-18-20-21-23-25-27-29-31-33-35-42(45)51-40(39-50-52(46,47)49-37-36-43(3,4)5)38-48-41(44)34-32-30-28-26-24-22-19-17-15-13-11-9-7-2/h14,16,20-21,40H,6-13,15,17-19,22-39H2,1-5H3/b16-14+,21-20+/t40-/m1/s1. The van der Waals surface area contributed by atoms with Crippen LogP contribution in [-0.2, 0) is 32.7 Å². The number of esters is 2. The Bertz CT molecular complexity index is 949. The van der Waals surface area contributed by atoms with Gasteiger partial charge in [0.05, 0.1) is 27.7 Å². The zero-order valence-corrected chi connectivity index (χ0v) is 35.2. The Balaban J connectivity index is 4.41. The summed E-state index contributed by atoms with van der Waals surface area (Å²) in [5, 5.41) is 0. The van der Waals surface area contributed by atoms with E-state index < -0.39 is 26.5 Å². The van der Waals surface area contributed by atoms with Crippen LogP contribution >= 0.6 is 7.82 Å². The van der Waals surface area contributed by atoms with Crippen LogP contribution in [0.5, 0.6) is 0 Å². The van der Waals surface area contributed by atoms with Crippen molar-refractivity contribution in [1.29, 1.82) is 0 Å². The van der Waals surface area contributed by atoms with Crippen molar-refractivity contribution in [1.82, 2.24) is 0 Å². The molecule has 0 aromatic heterocycles. The summed E-state index contributed by atoms with van der Waals surface area (Å²) in [6, 6.07) is 0. The third-order valence-corrected chi connectivity index (χ3v) is 9.94. The highest BCUT2D eigenvalue weighted by Gasteiger charge is 2.21. The molecule has 0 aliphatic rings. The molecule has 0 rings (SSSR count). The Morgan fingerprint density at radius 2 is 1.04 bits per heavy atom. The average molecular weight is 758 g/mol. The van der Waals surface area contributed by atoms with E-state index in [1.165, 1.54) is 89.9 Å². The van der Waals surface area contributed by atoms with Crippen molar-refractivity contribution in [2.75, 3.05) is 47.5 Å². The molecule has 0 aliphatic heterocycles. The van der Waals surface area contributed by atoms with Crippen molar-refractivity contribution in [3.8, 4) is 0 Å². The van der Waals surface area contributed by atoms with E-state index in [-0.39, 0.29) is 32.0 Å². The first kappa shape index (κ1) is 50.5. The molecule has 0 spiro atoms. The third kappa shape index (κ3) is 38.2. The van der Waals surface area contributed by atoms with Gasteiger partial charge >= 0.3 is 11.9 Å². The minimum Gasteiger partial charge on any atom is -0.756 e. The topological polar surface area (TPSA) is 111 Å². The lowest BCUT2D eigenvalue weighted by atomic mass is 10.0. The van der Waals surface area contributed by atoms with Crippen LogP contribution in [-0.4, -0.2) is 70.0 Å². The lowest BCUT2D eigenvalue weighted by Gasteiger charge is -2.28. The van der Waals surface area contributed by atoms with E-state index in [0.717, 1.165) is 57.8 Å². The second-order valence-electron chi connectivity index (χ2n) is 15.4. The Kier molecular flexibility index (Phi) is 34.2. The van der Waals surface area contributed by atoms with Crippen LogP contribution in [0.25, 0.3) is 0 Å². The lowest BCUT2D eigenvalue weighted by Crippen LogP contribution is -2.37. The fourth-order valence-electron chi connectivity index (χ4n) is 5.63. The van der Waals surface area contributed by atoms with Crippen LogP contribution in [0.1, 0.15) is 181 Å². The van der Waals surface area contributed by atoms with Crippen LogP contribution in [0, 0.1) is 0 Å². The summed E-state index contributed by atoms with van der Waals surface area (Å²) in [7, 11) is 1.16. The molecule has 0 aliphatic carbocycles. The summed E-state index contributed by atoms with van der Waals surface area (Å²) in [4.78, 5) is 37.4. The Morgan fingerprint density at radius 3 is 1.56 bits per heavy atom. The molecule has 0 N–H and O–H groups in total. The smallest absolute Gasteiger partial charge is 0.306 e. The van der Waals surface area contributed by atoms with E-state index in [1.807, 2.05) is 21.1 Å². The summed E-state index contributed by atoms with van der Waals surface area (Å²) in [5.41, 5.74) is 0. The van der Waals surface area contributed by atoms with Gasteiger partial charge in [0.15, 0.2) is 6.10 Å². The molecule has 0 aromatic carbocycles. The number of nitrogens with zero attached hydrogens (tertiary/aromatic N) is 1. The maximum absolute atomic E-state index is 12.6. The number of hydrogen-bond donors (Lipinski definition) is 0. The number of unbranched alkanes of at least 4 members (excludes halogenated alkanes) is 20. The molecule has 0 saturated heterocycles. The molecule has 1 unspecified atom stereocenters. The van der Waals surface area contributed by atoms with Gasteiger partial charge in [0, 0.05) is 12.8 Å². The number of ether oxygens (including phenoxy) is 2. The minimum atomic E-state index is -4.62. The molecular weight excluding hydrogens is 677 g/mol. The van der Waals surface area contributed by atoms with Crippen LogP contribution in [0.4, 0.5) is 0 Å². The number of allylic oxidation sites excluding steroid dienone is 4. The lowest BCUT2D eigenvalue weighted by molar-refractivity contribution is -0.870. The van der Waals surface area contributed by atoms with E-state index in [4.69, 9.17) is 18.5 Å². The largest absolute Gasteiger partial charge is 0.756 e. The molecular formula is C42H80NO8P. The summed E-state index contributed by atoms with van der Waals surface area (Å²) in [5.74, 6) is -0.846. The van der Waals surface area contributed by atoms with Gasteiger partial charge in [0.2, 0.25) is 0 Å². The fourth-order valence-corrected chi connectivity index (χ4v) is 6.35. The van der Waals surface area contributed by atoms with Crippen molar-refractivity contribution in [3.63, 3.8) is 0 Å². The molecule has 0 amide bonds. The van der Waals surface area contributed by atoms with Crippen molar-refractivity contribution in [2.24, 2.45) is 0 Å². The molecule has 9 nitrogen and oxygen atoms in total. The first-order valence-corrected chi connectivity index (χ1v) is 22.5. The summed E-state index contributed by atoms with van der Waals surface area (Å²) in [6.45, 7) is 4.18. The Labute approximate surface area is 319 Å². The van der Waals surface area contributed by atoms with Gasteiger partial charge in [-0.05, 0) is 44.9 Å².